The number of likely N-dealkylation sites (tertiary alicyclic amines) is 1. The van der Waals surface area contributed by atoms with Crippen LogP contribution in [-0.2, 0) is 19.1 Å². The maximum absolute atomic E-state index is 12.1. The zero-order chi connectivity index (χ0) is 13.8. The summed E-state index contributed by atoms with van der Waals surface area (Å²) in [4.78, 5) is 24.5. The standard InChI is InChI=1S/C13H21NO5/c1-9(19-8-11-3-2-6-18-11)12(15)14-5-4-10(7-14)13(16)17/h9-11H,2-8H2,1H3,(H,16,17)/t9-,10-,11-/m0/s1. The summed E-state index contributed by atoms with van der Waals surface area (Å²) in [5, 5.41) is 8.91. The van der Waals surface area contributed by atoms with Gasteiger partial charge in [0.05, 0.1) is 18.6 Å². The minimum absolute atomic E-state index is 0.0978. The number of hydrogen-bond acceptors (Lipinski definition) is 4. The van der Waals surface area contributed by atoms with Crippen molar-refractivity contribution in [2.24, 2.45) is 5.92 Å². The highest BCUT2D eigenvalue weighted by Gasteiger charge is 2.33. The molecular formula is C13H21NO5. The maximum Gasteiger partial charge on any atom is 0.308 e. The van der Waals surface area contributed by atoms with Gasteiger partial charge in [-0.1, -0.05) is 0 Å². The van der Waals surface area contributed by atoms with Crippen LogP contribution in [0.25, 0.3) is 0 Å². The summed E-state index contributed by atoms with van der Waals surface area (Å²) in [5.41, 5.74) is 0. The van der Waals surface area contributed by atoms with E-state index < -0.39 is 18.0 Å². The van der Waals surface area contributed by atoms with Gasteiger partial charge in [0.1, 0.15) is 6.10 Å². The second-order valence-corrected chi connectivity index (χ2v) is 5.22. The van der Waals surface area contributed by atoms with Crippen LogP contribution in [-0.4, -0.2) is 60.4 Å². The summed E-state index contributed by atoms with van der Waals surface area (Å²) in [5.74, 6) is -1.39. The van der Waals surface area contributed by atoms with Gasteiger partial charge in [-0.05, 0) is 26.2 Å². The Balaban J connectivity index is 1.74. The zero-order valence-corrected chi connectivity index (χ0v) is 11.2. The van der Waals surface area contributed by atoms with Crippen molar-refractivity contribution in [3.05, 3.63) is 0 Å². The normalized spacial score (nSPS) is 28.6. The lowest BCUT2D eigenvalue weighted by molar-refractivity contribution is -0.144. The summed E-state index contributed by atoms with van der Waals surface area (Å²) in [6, 6.07) is 0. The van der Waals surface area contributed by atoms with E-state index in [1.807, 2.05) is 0 Å². The Labute approximate surface area is 112 Å². The molecule has 2 aliphatic heterocycles. The number of hydrogen-bond donors (Lipinski definition) is 1. The van der Waals surface area contributed by atoms with E-state index in [2.05, 4.69) is 0 Å². The van der Waals surface area contributed by atoms with E-state index in [0.717, 1.165) is 19.4 Å². The average molecular weight is 271 g/mol. The highest BCUT2D eigenvalue weighted by molar-refractivity contribution is 5.82. The van der Waals surface area contributed by atoms with Crippen LogP contribution in [0.4, 0.5) is 0 Å². The summed E-state index contributed by atoms with van der Waals surface area (Å²) in [6.07, 6.45) is 2.12. The van der Waals surface area contributed by atoms with Crippen LogP contribution in [0.1, 0.15) is 26.2 Å². The van der Waals surface area contributed by atoms with E-state index in [4.69, 9.17) is 14.6 Å². The van der Waals surface area contributed by atoms with Gasteiger partial charge in [-0.25, -0.2) is 0 Å². The number of carboxylic acids is 1. The topological polar surface area (TPSA) is 76.1 Å². The molecule has 19 heavy (non-hydrogen) atoms. The van der Waals surface area contributed by atoms with E-state index >= 15 is 0 Å². The first-order valence-corrected chi connectivity index (χ1v) is 6.82. The third-order valence-corrected chi connectivity index (χ3v) is 3.75. The van der Waals surface area contributed by atoms with Crippen LogP contribution in [0.5, 0.6) is 0 Å². The van der Waals surface area contributed by atoms with Gasteiger partial charge in [0.15, 0.2) is 0 Å². The molecule has 2 saturated heterocycles. The van der Waals surface area contributed by atoms with Gasteiger partial charge in [0.25, 0.3) is 5.91 Å². The minimum Gasteiger partial charge on any atom is -0.481 e. The monoisotopic (exact) mass is 271 g/mol. The zero-order valence-electron chi connectivity index (χ0n) is 11.2. The number of nitrogens with zero attached hydrogens (tertiary/aromatic N) is 1. The molecule has 0 aromatic rings. The van der Waals surface area contributed by atoms with Gasteiger partial charge in [-0.2, -0.15) is 0 Å². The third kappa shape index (κ3) is 3.67. The van der Waals surface area contributed by atoms with Gasteiger partial charge in [0.2, 0.25) is 0 Å². The molecule has 0 aromatic carbocycles. The number of rotatable bonds is 5. The van der Waals surface area contributed by atoms with Crippen molar-refractivity contribution >= 4 is 11.9 Å². The quantitative estimate of drug-likeness (QED) is 0.788. The molecule has 6 nitrogen and oxygen atoms in total. The first kappa shape index (κ1) is 14.3. The second kappa shape index (κ2) is 6.34. The van der Waals surface area contributed by atoms with Crippen LogP contribution in [0.15, 0.2) is 0 Å². The Morgan fingerprint density at radius 1 is 1.47 bits per heavy atom. The fourth-order valence-corrected chi connectivity index (χ4v) is 2.52. The number of aliphatic carboxylic acids is 1. The van der Waals surface area contributed by atoms with E-state index in [1.54, 1.807) is 11.8 Å². The molecule has 2 heterocycles. The molecular weight excluding hydrogens is 250 g/mol. The van der Waals surface area contributed by atoms with E-state index in [1.165, 1.54) is 0 Å². The van der Waals surface area contributed by atoms with Crippen molar-refractivity contribution in [2.75, 3.05) is 26.3 Å². The Hall–Kier alpha value is -1.14. The third-order valence-electron chi connectivity index (χ3n) is 3.75. The molecule has 0 aromatic heterocycles. The lowest BCUT2D eigenvalue weighted by Gasteiger charge is -2.22. The molecule has 2 rings (SSSR count). The predicted octanol–water partition coefficient (Wildman–Crippen LogP) is 0.504. The molecule has 0 saturated carbocycles. The van der Waals surface area contributed by atoms with Crippen molar-refractivity contribution in [1.82, 2.24) is 4.90 Å². The number of carbonyl (C=O) groups is 2. The summed E-state index contributed by atoms with van der Waals surface area (Å²) < 4.78 is 11.0. The van der Waals surface area contributed by atoms with Crippen molar-refractivity contribution in [3.63, 3.8) is 0 Å². The highest BCUT2D eigenvalue weighted by Crippen LogP contribution is 2.18. The summed E-state index contributed by atoms with van der Waals surface area (Å²) in [6.45, 7) is 3.71. The number of ether oxygens (including phenoxy) is 2. The highest BCUT2D eigenvalue weighted by atomic mass is 16.5. The Kier molecular flexibility index (Phi) is 4.76. The van der Waals surface area contributed by atoms with Crippen LogP contribution < -0.4 is 0 Å². The van der Waals surface area contributed by atoms with Crippen LogP contribution in [0.3, 0.4) is 0 Å². The maximum atomic E-state index is 12.1. The Morgan fingerprint density at radius 3 is 2.84 bits per heavy atom. The van der Waals surface area contributed by atoms with Gasteiger partial charge in [0, 0.05) is 19.7 Å². The molecule has 2 aliphatic rings. The van der Waals surface area contributed by atoms with Crippen LogP contribution in [0.2, 0.25) is 0 Å². The number of carbonyl (C=O) groups excluding carboxylic acids is 1. The molecule has 2 fully saturated rings. The first-order chi connectivity index (χ1) is 9.08. The van der Waals surface area contributed by atoms with Crippen molar-refractivity contribution in [2.45, 2.75) is 38.4 Å². The number of carboxylic acid groups (broad SMARTS) is 1. The van der Waals surface area contributed by atoms with E-state index in [-0.39, 0.29) is 12.0 Å². The van der Waals surface area contributed by atoms with Crippen LogP contribution >= 0.6 is 0 Å². The molecule has 0 aliphatic carbocycles. The average Bonchev–Trinajstić information content (AvgIpc) is 3.05. The van der Waals surface area contributed by atoms with Crippen LogP contribution in [0, 0.1) is 5.92 Å². The molecule has 108 valence electrons. The fraction of sp³-hybridized carbons (Fsp3) is 0.846. The first-order valence-electron chi connectivity index (χ1n) is 6.82. The van der Waals surface area contributed by atoms with E-state index in [0.29, 0.717) is 26.1 Å². The van der Waals surface area contributed by atoms with Gasteiger partial charge in [-0.3, -0.25) is 9.59 Å². The Morgan fingerprint density at radius 2 is 2.26 bits per heavy atom. The van der Waals surface area contributed by atoms with E-state index in [9.17, 15) is 9.59 Å². The van der Waals surface area contributed by atoms with Crippen molar-refractivity contribution < 1.29 is 24.2 Å². The van der Waals surface area contributed by atoms with Gasteiger partial charge < -0.3 is 19.5 Å². The molecule has 6 heteroatoms. The predicted molar refractivity (Wildman–Crippen MR) is 66.7 cm³/mol. The minimum atomic E-state index is -0.830. The summed E-state index contributed by atoms with van der Waals surface area (Å²) in [7, 11) is 0. The molecule has 1 amide bonds. The summed E-state index contributed by atoms with van der Waals surface area (Å²) >= 11 is 0. The SMILES string of the molecule is C[C@H](OC[C@@H]1CCCO1)C(=O)N1CC[C@H](C(=O)O)C1. The Bertz CT molecular complexity index is 340. The lowest BCUT2D eigenvalue weighted by Crippen LogP contribution is -2.39. The molecule has 0 radical (unpaired) electrons. The molecule has 1 N–H and O–H groups in total. The largest absolute Gasteiger partial charge is 0.481 e. The van der Waals surface area contributed by atoms with Crippen molar-refractivity contribution in [1.29, 1.82) is 0 Å². The second-order valence-electron chi connectivity index (χ2n) is 5.22. The van der Waals surface area contributed by atoms with Gasteiger partial charge >= 0.3 is 5.97 Å². The number of amides is 1. The molecule has 0 spiro atoms. The fourth-order valence-electron chi connectivity index (χ4n) is 2.52. The molecule has 0 bridgehead atoms. The van der Waals surface area contributed by atoms with Gasteiger partial charge in [-0.15, -0.1) is 0 Å². The lowest BCUT2D eigenvalue weighted by atomic mass is 10.1. The van der Waals surface area contributed by atoms with Crippen molar-refractivity contribution in [3.8, 4) is 0 Å². The molecule has 3 atom stereocenters. The smallest absolute Gasteiger partial charge is 0.308 e. The molecule has 0 unspecified atom stereocenters.